The fourth-order valence-electron chi connectivity index (χ4n) is 5.10. The van der Waals surface area contributed by atoms with Gasteiger partial charge in [0.1, 0.15) is 34.5 Å². The van der Waals surface area contributed by atoms with Crippen LogP contribution in [0.25, 0.3) is 14.5 Å². The van der Waals surface area contributed by atoms with Gasteiger partial charge in [-0.25, -0.2) is 14.5 Å². The Bertz CT molecular complexity index is 2470. The zero-order valence-electron chi connectivity index (χ0n) is 30.7. The first-order valence-electron chi connectivity index (χ1n) is 17.2. The van der Waals surface area contributed by atoms with Gasteiger partial charge in [-0.05, 0) is 109 Å². The second-order valence-corrected chi connectivity index (χ2v) is 18.2. The Kier molecular flexibility index (Phi) is 11.6. The van der Waals surface area contributed by atoms with Crippen LogP contribution in [0, 0.1) is 53.7 Å². The molecular weight excluding hydrogens is 819 g/mol. The third-order valence-corrected chi connectivity index (χ3v) is 16.0. The van der Waals surface area contributed by atoms with E-state index in [4.69, 9.17) is 60.4 Å². The summed E-state index contributed by atoms with van der Waals surface area (Å²) >= 11 is 0. The molecule has 0 saturated heterocycles. The van der Waals surface area contributed by atoms with Gasteiger partial charge in [0, 0.05) is 0 Å². The van der Waals surface area contributed by atoms with Gasteiger partial charge >= 0.3 is 23.0 Å². The monoisotopic (exact) mass is 843 g/mol. The summed E-state index contributed by atoms with van der Waals surface area (Å²) in [5.41, 5.74) is 1.99. The fraction of sp³-hybridized carbons (Fsp3) is 0. The first kappa shape index (κ1) is 40.0. The first-order chi connectivity index (χ1) is 29.2. The van der Waals surface area contributed by atoms with Crippen molar-refractivity contribution in [3.63, 3.8) is 0 Å². The van der Waals surface area contributed by atoms with E-state index in [0.717, 1.165) is 0 Å². The van der Waals surface area contributed by atoms with Crippen molar-refractivity contribution in [1.29, 1.82) is 15.8 Å². The maximum absolute atomic E-state index is 9.56. The first-order valence-corrected chi connectivity index (χ1v) is 21.8. The van der Waals surface area contributed by atoms with Gasteiger partial charge in [0.05, 0.1) is 54.6 Å². The molecule has 0 amide bonds. The van der Waals surface area contributed by atoms with Crippen LogP contribution >= 0.6 is 23.0 Å². The lowest BCUT2D eigenvalue weighted by atomic mass is 10.2. The summed E-state index contributed by atoms with van der Waals surface area (Å²) in [5.74, 6) is 0.958. The van der Waals surface area contributed by atoms with E-state index in [1.807, 2.05) is 0 Å². The van der Waals surface area contributed by atoms with Crippen LogP contribution in [0.5, 0.6) is 34.5 Å². The van der Waals surface area contributed by atoms with Crippen LogP contribution in [0.2, 0.25) is 0 Å². The van der Waals surface area contributed by atoms with Crippen LogP contribution in [0.15, 0.2) is 159 Å². The molecule has 18 heteroatoms. The lowest BCUT2D eigenvalue weighted by molar-refractivity contribution is 0.443. The van der Waals surface area contributed by atoms with Crippen LogP contribution in [-0.4, -0.2) is 0 Å². The van der Waals surface area contributed by atoms with Crippen molar-refractivity contribution in [2.45, 2.75) is 0 Å². The fourth-order valence-corrected chi connectivity index (χ4v) is 14.2. The molecule has 15 nitrogen and oxygen atoms in total. The van der Waals surface area contributed by atoms with Crippen LogP contribution in [0.1, 0.15) is 16.7 Å². The molecule has 1 heterocycles. The predicted octanol–water partition coefficient (Wildman–Crippen LogP) is 13.6. The van der Waals surface area contributed by atoms with E-state index in [1.165, 1.54) is 146 Å². The Labute approximate surface area is 344 Å². The molecule has 0 aliphatic carbocycles. The van der Waals surface area contributed by atoms with Gasteiger partial charge in [0.25, 0.3) is 0 Å². The third kappa shape index (κ3) is 9.47. The van der Waals surface area contributed by atoms with Crippen molar-refractivity contribution in [3.8, 4) is 52.7 Å². The molecule has 1 aliphatic heterocycles. The maximum Gasteiger partial charge on any atom is 0.460 e. The molecule has 6 aromatic carbocycles. The van der Waals surface area contributed by atoms with Gasteiger partial charge in [-0.1, -0.05) is 49.9 Å². The zero-order valence-corrected chi connectivity index (χ0v) is 33.4. The Morgan fingerprint density at radius 1 is 0.333 bits per heavy atom. The summed E-state index contributed by atoms with van der Waals surface area (Å²) < 4.78 is 55.4. The van der Waals surface area contributed by atoms with E-state index in [2.05, 4.69) is 32.7 Å². The van der Waals surface area contributed by atoms with Crippen molar-refractivity contribution in [3.05, 3.63) is 197 Å². The highest BCUT2D eigenvalue weighted by atomic mass is 31.3. The van der Waals surface area contributed by atoms with Crippen molar-refractivity contribution in [2.24, 2.45) is 13.5 Å². The molecule has 0 spiro atoms. The maximum atomic E-state index is 9.56. The lowest BCUT2D eigenvalue weighted by Crippen LogP contribution is -2.11. The minimum absolute atomic E-state index is 0.157. The number of nitrogens with zero attached hydrogens (tertiary/aromatic N) is 9. The number of hydrogen-bond donors (Lipinski definition) is 0. The molecule has 0 N–H and O–H groups in total. The molecule has 1 unspecified atom stereocenters. The molecule has 0 aromatic heterocycles. The van der Waals surface area contributed by atoms with Gasteiger partial charge in [0.15, 0.2) is 17.1 Å². The molecule has 0 bridgehead atoms. The van der Waals surface area contributed by atoms with Gasteiger partial charge in [-0.15, -0.1) is 0 Å². The predicted molar refractivity (Wildman–Crippen MR) is 223 cm³/mol. The van der Waals surface area contributed by atoms with Crippen molar-refractivity contribution in [2.75, 3.05) is 0 Å². The minimum Gasteiger partial charge on any atom is -0.413 e. The Morgan fingerprint density at radius 2 is 0.517 bits per heavy atom. The molecule has 6 aromatic rings. The molecule has 1 atom stereocenters. The SMILES string of the molecule is [C-]#[N+]c1ccc(OP2(Oc3ccc(C#N)cc3)=NP(Oc3ccc(C#N)cc3)(Oc3ccc(C#N)cc3)=NP(Oc3ccc([N+]#[C-])cc3)(Oc3ccc([N+]#[C-])cc3)=N2)cc1. The van der Waals surface area contributed by atoms with Gasteiger partial charge < -0.3 is 27.1 Å². The summed E-state index contributed by atoms with van der Waals surface area (Å²) in [6, 6.07) is 43.0. The summed E-state index contributed by atoms with van der Waals surface area (Å²) in [7, 11) is -13.0. The normalized spacial score (nSPS) is 15.3. The molecule has 1 aliphatic rings. The van der Waals surface area contributed by atoms with Crippen LogP contribution in [0.3, 0.4) is 0 Å². The van der Waals surface area contributed by atoms with E-state index in [0.29, 0.717) is 33.8 Å². The van der Waals surface area contributed by atoms with E-state index in [1.54, 1.807) is 0 Å². The number of rotatable bonds is 12. The summed E-state index contributed by atoms with van der Waals surface area (Å²) in [5, 5.41) is 28.7. The molecule has 288 valence electrons. The zero-order chi connectivity index (χ0) is 42.0. The molecular formula is C42H24N9O6P3. The van der Waals surface area contributed by atoms with Crippen molar-refractivity contribution in [1.82, 2.24) is 0 Å². The second kappa shape index (κ2) is 17.5. The Balaban J connectivity index is 1.58. The third-order valence-electron chi connectivity index (χ3n) is 7.87. The van der Waals surface area contributed by atoms with E-state index in [9.17, 15) is 15.8 Å². The van der Waals surface area contributed by atoms with Gasteiger partial charge in [-0.3, -0.25) is 0 Å². The van der Waals surface area contributed by atoms with E-state index in [-0.39, 0.29) is 34.5 Å². The van der Waals surface area contributed by atoms with E-state index >= 15 is 0 Å². The largest absolute Gasteiger partial charge is 0.460 e. The standard InChI is InChI=1S/C42H24N9O6P3/c1-46-34-10-22-40(23-11-34)55-59(54-39-20-8-33(30-45)9-21-39)49-58(52-37-16-4-31(28-43)5-17-37,53-38-18-6-32(29-44)7-19-38)50-60(51-59,56-41-24-12-35(47-2)13-25-41)57-42-26-14-36(48-3)15-27-42/h4-27H. The highest BCUT2D eigenvalue weighted by molar-refractivity contribution is 7.79. The highest BCUT2D eigenvalue weighted by Gasteiger charge is 2.49. The second-order valence-electron chi connectivity index (χ2n) is 12.0. The number of hydrogen-bond acceptors (Lipinski definition) is 12. The topological polar surface area (TPSA) is 177 Å². The quantitative estimate of drug-likeness (QED) is 0.0856. The molecule has 60 heavy (non-hydrogen) atoms. The highest BCUT2D eigenvalue weighted by Crippen LogP contribution is 2.78. The number of benzene rings is 6. The van der Waals surface area contributed by atoms with Crippen LogP contribution in [0.4, 0.5) is 17.1 Å². The van der Waals surface area contributed by atoms with Gasteiger partial charge in [-0.2, -0.15) is 15.8 Å². The van der Waals surface area contributed by atoms with Crippen LogP contribution < -0.4 is 27.1 Å². The van der Waals surface area contributed by atoms with E-state index < -0.39 is 23.0 Å². The van der Waals surface area contributed by atoms with Crippen molar-refractivity contribution >= 4 is 40.0 Å². The number of nitriles is 3. The Hall–Kier alpha value is -8.25. The van der Waals surface area contributed by atoms with Crippen LogP contribution in [-0.2, 0) is 0 Å². The molecule has 0 saturated carbocycles. The summed E-state index contributed by atoms with van der Waals surface area (Å²) in [4.78, 5) is 10.4. The summed E-state index contributed by atoms with van der Waals surface area (Å²) in [6.45, 7) is 22.5. The smallest absolute Gasteiger partial charge is 0.413 e. The lowest BCUT2D eigenvalue weighted by Gasteiger charge is -2.33. The molecule has 0 fully saturated rings. The summed E-state index contributed by atoms with van der Waals surface area (Å²) in [6.07, 6.45) is 0. The van der Waals surface area contributed by atoms with Gasteiger partial charge in [0.2, 0.25) is 0 Å². The minimum atomic E-state index is -4.34. The Morgan fingerprint density at radius 3 is 0.683 bits per heavy atom. The molecule has 7 rings (SSSR count). The average molecular weight is 844 g/mol. The average Bonchev–Trinajstić information content (AvgIpc) is 3.27. The molecule has 0 radical (unpaired) electrons. The van der Waals surface area contributed by atoms with Crippen molar-refractivity contribution < 1.29 is 27.1 Å².